The lowest BCUT2D eigenvalue weighted by Gasteiger charge is -1.92. The van der Waals surface area contributed by atoms with Crippen LogP contribution in [0.5, 0.6) is 0 Å². The molecule has 1 heteroatoms. The van der Waals surface area contributed by atoms with Crippen molar-refractivity contribution in [3.05, 3.63) is 30.6 Å². The second-order valence-corrected chi connectivity index (χ2v) is 3.02. The maximum atomic E-state index is 5.08. The van der Waals surface area contributed by atoms with Gasteiger partial charge in [-0.3, -0.25) is 0 Å². The zero-order valence-electron chi connectivity index (χ0n) is 5.97. The van der Waals surface area contributed by atoms with E-state index in [9.17, 15) is 0 Å². The Labute approximate surface area is 61.0 Å². The summed E-state index contributed by atoms with van der Waals surface area (Å²) in [6.07, 6.45) is 5.69. The van der Waals surface area contributed by atoms with Gasteiger partial charge in [0.2, 0.25) is 0 Å². The van der Waals surface area contributed by atoms with Crippen LogP contribution in [0.25, 0.3) is 0 Å². The Hall–Kier alpha value is -0.720. The predicted octanol–water partition coefficient (Wildman–Crippen LogP) is 2.41. The topological polar surface area (TPSA) is 13.1 Å². The van der Waals surface area contributed by atoms with E-state index in [4.69, 9.17) is 4.42 Å². The van der Waals surface area contributed by atoms with Gasteiger partial charge in [0.05, 0.1) is 6.26 Å². The Morgan fingerprint density at radius 3 is 2.90 bits per heavy atom. The van der Waals surface area contributed by atoms with Crippen LogP contribution in [0.3, 0.4) is 0 Å². The first-order valence-electron chi connectivity index (χ1n) is 3.74. The van der Waals surface area contributed by atoms with Gasteiger partial charge in [0.25, 0.3) is 0 Å². The van der Waals surface area contributed by atoms with Gasteiger partial charge >= 0.3 is 0 Å². The molecule has 1 aliphatic rings. The summed E-state index contributed by atoms with van der Waals surface area (Å²) in [5, 5.41) is 0. The highest BCUT2D eigenvalue weighted by molar-refractivity contribution is 5.20. The van der Waals surface area contributed by atoms with E-state index >= 15 is 0 Å². The molecule has 1 radical (unpaired) electrons. The van der Waals surface area contributed by atoms with Crippen LogP contribution < -0.4 is 0 Å². The van der Waals surface area contributed by atoms with Crippen molar-refractivity contribution >= 4 is 0 Å². The third-order valence-corrected chi connectivity index (χ3v) is 2.04. The number of rotatable bonds is 2. The van der Waals surface area contributed by atoms with Gasteiger partial charge in [-0.1, -0.05) is 0 Å². The number of furan rings is 1. The summed E-state index contributed by atoms with van der Waals surface area (Å²) in [5.41, 5.74) is 1.29. The van der Waals surface area contributed by atoms with E-state index in [0.717, 1.165) is 11.7 Å². The van der Waals surface area contributed by atoms with Crippen LogP contribution in [-0.4, -0.2) is 0 Å². The number of hydrogen-bond donors (Lipinski definition) is 0. The van der Waals surface area contributed by atoms with E-state index in [-0.39, 0.29) is 0 Å². The first-order valence-corrected chi connectivity index (χ1v) is 3.74. The monoisotopic (exact) mass is 135 g/mol. The highest BCUT2D eigenvalue weighted by atomic mass is 16.3. The van der Waals surface area contributed by atoms with Crippen molar-refractivity contribution in [3.63, 3.8) is 0 Å². The Morgan fingerprint density at radius 1 is 1.60 bits per heavy atom. The summed E-state index contributed by atoms with van der Waals surface area (Å²) in [6, 6.07) is 2.03. The Morgan fingerprint density at radius 2 is 2.40 bits per heavy atom. The quantitative estimate of drug-likeness (QED) is 0.607. The Kier molecular flexibility index (Phi) is 1.30. The third-order valence-electron chi connectivity index (χ3n) is 2.04. The standard InChI is InChI=1S/C9H11O/c1-7-9(4-5-10-7)6-8-2-3-8/h4-5,8H,1-3,6H2. The average molecular weight is 135 g/mol. The fourth-order valence-electron chi connectivity index (χ4n) is 1.18. The van der Waals surface area contributed by atoms with Crippen molar-refractivity contribution in [1.29, 1.82) is 0 Å². The number of hydrogen-bond acceptors (Lipinski definition) is 1. The minimum absolute atomic E-state index is 0.854. The van der Waals surface area contributed by atoms with Crippen molar-refractivity contribution in [1.82, 2.24) is 0 Å². The van der Waals surface area contributed by atoms with Crippen LogP contribution in [-0.2, 0) is 6.42 Å². The van der Waals surface area contributed by atoms with Gasteiger partial charge in [-0.2, -0.15) is 0 Å². The molecule has 0 bridgehead atoms. The van der Waals surface area contributed by atoms with Gasteiger partial charge in [0.1, 0.15) is 5.76 Å². The average Bonchev–Trinajstić information content (AvgIpc) is 2.62. The van der Waals surface area contributed by atoms with Gasteiger partial charge in [0.15, 0.2) is 0 Å². The molecule has 1 saturated carbocycles. The summed E-state index contributed by atoms with van der Waals surface area (Å²) in [4.78, 5) is 0. The summed E-state index contributed by atoms with van der Waals surface area (Å²) >= 11 is 0. The first kappa shape index (κ1) is 6.02. The van der Waals surface area contributed by atoms with E-state index in [2.05, 4.69) is 6.92 Å². The molecule has 1 heterocycles. The van der Waals surface area contributed by atoms with Gasteiger partial charge in [-0.25, -0.2) is 0 Å². The van der Waals surface area contributed by atoms with Gasteiger partial charge < -0.3 is 4.42 Å². The molecular weight excluding hydrogens is 124 g/mol. The Balaban J connectivity index is 2.08. The predicted molar refractivity (Wildman–Crippen MR) is 39.6 cm³/mol. The molecule has 0 spiro atoms. The Bertz CT molecular complexity index is 220. The first-order chi connectivity index (χ1) is 4.86. The molecule has 0 atom stereocenters. The second kappa shape index (κ2) is 2.15. The van der Waals surface area contributed by atoms with Crippen molar-refractivity contribution in [2.45, 2.75) is 19.3 Å². The van der Waals surface area contributed by atoms with Crippen LogP contribution in [0, 0.1) is 12.8 Å². The molecule has 53 valence electrons. The highest BCUT2D eigenvalue weighted by Crippen LogP contribution is 2.33. The SMILES string of the molecule is [CH2]c1occc1CC1CC1. The minimum Gasteiger partial charge on any atom is -0.469 e. The molecule has 0 aliphatic heterocycles. The minimum atomic E-state index is 0.854. The van der Waals surface area contributed by atoms with Crippen molar-refractivity contribution in [2.24, 2.45) is 5.92 Å². The summed E-state index contributed by atoms with van der Waals surface area (Å²) < 4.78 is 5.08. The maximum Gasteiger partial charge on any atom is 0.107 e. The third kappa shape index (κ3) is 1.08. The van der Waals surface area contributed by atoms with Crippen LogP contribution in [0.15, 0.2) is 16.7 Å². The van der Waals surface area contributed by atoms with E-state index in [1.165, 1.54) is 24.8 Å². The van der Waals surface area contributed by atoms with Crippen molar-refractivity contribution in [2.75, 3.05) is 0 Å². The lowest BCUT2D eigenvalue weighted by Crippen LogP contribution is -1.85. The van der Waals surface area contributed by atoms with Gasteiger partial charge in [-0.05, 0) is 36.8 Å². The molecule has 1 aromatic rings. The molecule has 10 heavy (non-hydrogen) atoms. The molecule has 1 aliphatic carbocycles. The molecule has 0 saturated heterocycles. The van der Waals surface area contributed by atoms with Crippen LogP contribution in [0.1, 0.15) is 24.2 Å². The van der Waals surface area contributed by atoms with Gasteiger partial charge in [0, 0.05) is 6.92 Å². The maximum absolute atomic E-state index is 5.08. The molecule has 0 amide bonds. The van der Waals surface area contributed by atoms with Crippen molar-refractivity contribution < 1.29 is 4.42 Å². The molecule has 1 fully saturated rings. The van der Waals surface area contributed by atoms with Crippen molar-refractivity contribution in [3.8, 4) is 0 Å². The molecule has 0 unspecified atom stereocenters. The highest BCUT2D eigenvalue weighted by Gasteiger charge is 2.22. The molecular formula is C9H11O. The molecule has 2 rings (SSSR count). The lowest BCUT2D eigenvalue weighted by molar-refractivity contribution is 0.543. The zero-order chi connectivity index (χ0) is 6.97. The normalized spacial score (nSPS) is 17.7. The van der Waals surface area contributed by atoms with Gasteiger partial charge in [-0.15, -0.1) is 0 Å². The summed E-state index contributed by atoms with van der Waals surface area (Å²) in [7, 11) is 0. The van der Waals surface area contributed by atoms with E-state index in [1.807, 2.05) is 6.07 Å². The molecule has 0 aromatic carbocycles. The van der Waals surface area contributed by atoms with Crippen LogP contribution in [0.2, 0.25) is 0 Å². The largest absolute Gasteiger partial charge is 0.469 e. The molecule has 0 N–H and O–H groups in total. The van der Waals surface area contributed by atoms with E-state index in [1.54, 1.807) is 6.26 Å². The van der Waals surface area contributed by atoms with E-state index < -0.39 is 0 Å². The fourth-order valence-corrected chi connectivity index (χ4v) is 1.18. The molecule has 1 nitrogen and oxygen atoms in total. The second-order valence-electron chi connectivity index (χ2n) is 3.02. The van der Waals surface area contributed by atoms with E-state index in [0.29, 0.717) is 0 Å². The smallest absolute Gasteiger partial charge is 0.107 e. The lowest BCUT2D eigenvalue weighted by atomic mass is 10.1. The van der Waals surface area contributed by atoms with Crippen LogP contribution in [0.4, 0.5) is 0 Å². The fraction of sp³-hybridized carbons (Fsp3) is 0.444. The summed E-state index contributed by atoms with van der Waals surface area (Å²) in [5.74, 6) is 1.78. The molecule has 1 aromatic heterocycles. The zero-order valence-corrected chi connectivity index (χ0v) is 5.97. The summed E-state index contributed by atoms with van der Waals surface area (Å²) in [6.45, 7) is 3.79. The van der Waals surface area contributed by atoms with Crippen LogP contribution >= 0.6 is 0 Å².